The minimum Gasteiger partial charge on any atom is -0.497 e. The first-order chi connectivity index (χ1) is 14.1. The van der Waals surface area contributed by atoms with E-state index < -0.39 is 0 Å². The maximum Gasteiger partial charge on any atom is 0.227 e. The summed E-state index contributed by atoms with van der Waals surface area (Å²) >= 11 is 0. The van der Waals surface area contributed by atoms with Gasteiger partial charge in [-0.05, 0) is 42.5 Å². The number of ether oxygens (including phenoxy) is 2. The fraction of sp³-hybridized carbons (Fsp3) is 0.391. The van der Waals surface area contributed by atoms with Crippen molar-refractivity contribution in [3.63, 3.8) is 0 Å². The first kappa shape index (κ1) is 19.3. The molecule has 0 aromatic heterocycles. The molecule has 29 heavy (non-hydrogen) atoms. The highest BCUT2D eigenvalue weighted by Crippen LogP contribution is 2.36. The number of amides is 2. The number of nitrogens with one attached hydrogen (secondary N) is 1. The van der Waals surface area contributed by atoms with Gasteiger partial charge in [0.25, 0.3) is 0 Å². The zero-order valence-corrected chi connectivity index (χ0v) is 16.8. The van der Waals surface area contributed by atoms with Gasteiger partial charge in [0.05, 0.1) is 31.9 Å². The quantitative estimate of drug-likeness (QED) is 0.845. The van der Waals surface area contributed by atoms with Crippen LogP contribution in [0.1, 0.15) is 36.4 Å². The molecule has 4 rings (SSSR count). The van der Waals surface area contributed by atoms with Crippen LogP contribution in [0, 0.1) is 5.92 Å². The number of fused-ring (bicyclic) bond motifs is 1. The van der Waals surface area contributed by atoms with Gasteiger partial charge in [0, 0.05) is 19.0 Å². The highest BCUT2D eigenvalue weighted by molar-refractivity contribution is 6.01. The number of carbonyl (C=O) groups excluding carboxylic acids is 2. The van der Waals surface area contributed by atoms with E-state index in [1.54, 1.807) is 37.3 Å². The van der Waals surface area contributed by atoms with Gasteiger partial charge in [0.1, 0.15) is 11.5 Å². The second-order valence-electron chi connectivity index (χ2n) is 7.60. The molecule has 0 bridgehead atoms. The molecule has 2 amide bonds. The molecule has 2 aliphatic rings. The summed E-state index contributed by atoms with van der Waals surface area (Å²) in [5.74, 6) is 0.707. The van der Waals surface area contributed by atoms with E-state index in [1.165, 1.54) is 11.1 Å². The average molecular weight is 394 g/mol. The Morgan fingerprint density at radius 2 is 1.97 bits per heavy atom. The van der Waals surface area contributed by atoms with Crippen molar-refractivity contribution >= 4 is 17.5 Å². The summed E-state index contributed by atoms with van der Waals surface area (Å²) < 4.78 is 10.7. The Kier molecular flexibility index (Phi) is 5.43. The lowest BCUT2D eigenvalue weighted by molar-refractivity contribution is -0.127. The van der Waals surface area contributed by atoms with E-state index in [0.29, 0.717) is 23.7 Å². The molecule has 0 saturated carbocycles. The van der Waals surface area contributed by atoms with Crippen molar-refractivity contribution < 1.29 is 19.1 Å². The number of methoxy groups -OCH3 is 2. The number of rotatable bonds is 5. The van der Waals surface area contributed by atoms with E-state index in [4.69, 9.17) is 9.47 Å². The molecule has 1 aliphatic carbocycles. The molecule has 1 N–H and O–H groups in total. The molecule has 2 aromatic rings. The van der Waals surface area contributed by atoms with Crippen molar-refractivity contribution in [3.05, 3.63) is 53.6 Å². The minimum absolute atomic E-state index is 0.0205. The average Bonchev–Trinajstić information content (AvgIpc) is 3.15. The first-order valence-corrected chi connectivity index (χ1v) is 10.0. The van der Waals surface area contributed by atoms with Crippen molar-refractivity contribution in [2.24, 2.45) is 5.92 Å². The van der Waals surface area contributed by atoms with Crippen LogP contribution in [0.5, 0.6) is 11.5 Å². The predicted molar refractivity (Wildman–Crippen MR) is 110 cm³/mol. The smallest absolute Gasteiger partial charge is 0.227 e. The number of anilines is 1. The number of aryl methyl sites for hydroxylation is 1. The molecule has 2 unspecified atom stereocenters. The van der Waals surface area contributed by atoms with Gasteiger partial charge in [-0.25, -0.2) is 0 Å². The molecule has 6 nitrogen and oxygen atoms in total. The fourth-order valence-corrected chi connectivity index (χ4v) is 4.32. The summed E-state index contributed by atoms with van der Waals surface area (Å²) in [7, 11) is 3.14. The van der Waals surface area contributed by atoms with Crippen molar-refractivity contribution in [2.45, 2.75) is 31.7 Å². The number of nitrogens with zero attached hydrogens (tertiary/aromatic N) is 1. The van der Waals surface area contributed by atoms with E-state index in [2.05, 4.69) is 17.4 Å². The Morgan fingerprint density at radius 3 is 2.76 bits per heavy atom. The van der Waals surface area contributed by atoms with E-state index >= 15 is 0 Å². The third kappa shape index (κ3) is 3.79. The Balaban J connectivity index is 1.48. The maximum atomic E-state index is 13.0. The Bertz CT molecular complexity index is 927. The fourth-order valence-electron chi connectivity index (χ4n) is 4.32. The van der Waals surface area contributed by atoms with Gasteiger partial charge < -0.3 is 19.7 Å². The van der Waals surface area contributed by atoms with Crippen LogP contribution >= 0.6 is 0 Å². The normalized spacial score (nSPS) is 20.9. The van der Waals surface area contributed by atoms with E-state index in [0.717, 1.165) is 19.3 Å². The standard InChI is InChI=1S/C23H26N2O4/c1-28-17-10-11-20(21(13-17)29-2)25-14-16(12-22(25)26)23(27)24-19-9-5-7-15-6-3-4-8-18(15)19/h3-4,6,8,10-11,13,16,19H,5,7,9,12,14H2,1-2H3,(H,24,27). The molecule has 1 heterocycles. The Hall–Kier alpha value is -3.02. The lowest BCUT2D eigenvalue weighted by Gasteiger charge is -2.27. The lowest BCUT2D eigenvalue weighted by Crippen LogP contribution is -2.36. The van der Waals surface area contributed by atoms with Crippen LogP contribution < -0.4 is 19.7 Å². The molecular weight excluding hydrogens is 368 g/mol. The van der Waals surface area contributed by atoms with Crippen molar-refractivity contribution in [1.82, 2.24) is 5.32 Å². The number of hydrogen-bond acceptors (Lipinski definition) is 4. The van der Waals surface area contributed by atoms with Crippen LogP contribution in [-0.2, 0) is 16.0 Å². The van der Waals surface area contributed by atoms with Crippen LogP contribution in [0.4, 0.5) is 5.69 Å². The molecule has 152 valence electrons. The molecule has 2 aromatic carbocycles. The zero-order valence-electron chi connectivity index (χ0n) is 16.8. The van der Waals surface area contributed by atoms with Gasteiger partial charge in [-0.2, -0.15) is 0 Å². The summed E-state index contributed by atoms with van der Waals surface area (Å²) in [6, 6.07) is 13.6. The molecule has 1 aliphatic heterocycles. The van der Waals surface area contributed by atoms with Gasteiger partial charge in [-0.15, -0.1) is 0 Å². The van der Waals surface area contributed by atoms with E-state index in [1.807, 2.05) is 12.1 Å². The number of benzene rings is 2. The molecule has 0 spiro atoms. The highest BCUT2D eigenvalue weighted by Gasteiger charge is 2.37. The van der Waals surface area contributed by atoms with Gasteiger partial charge in [0.2, 0.25) is 11.8 Å². The summed E-state index contributed by atoms with van der Waals surface area (Å²) in [6.07, 6.45) is 3.24. The van der Waals surface area contributed by atoms with Gasteiger partial charge >= 0.3 is 0 Å². The Labute approximate surface area is 170 Å². The minimum atomic E-state index is -0.372. The third-order valence-electron chi connectivity index (χ3n) is 5.86. The first-order valence-electron chi connectivity index (χ1n) is 10.0. The molecule has 1 saturated heterocycles. The summed E-state index contributed by atoms with van der Waals surface area (Å²) in [4.78, 5) is 27.3. The third-order valence-corrected chi connectivity index (χ3v) is 5.86. The second-order valence-corrected chi connectivity index (χ2v) is 7.60. The lowest BCUT2D eigenvalue weighted by atomic mass is 9.87. The highest BCUT2D eigenvalue weighted by atomic mass is 16.5. The van der Waals surface area contributed by atoms with Gasteiger partial charge in [-0.1, -0.05) is 24.3 Å². The van der Waals surface area contributed by atoms with Crippen LogP contribution in [0.3, 0.4) is 0 Å². The van der Waals surface area contributed by atoms with Crippen molar-refractivity contribution in [1.29, 1.82) is 0 Å². The molecular formula is C23H26N2O4. The molecule has 0 radical (unpaired) electrons. The largest absolute Gasteiger partial charge is 0.497 e. The molecule has 1 fully saturated rings. The predicted octanol–water partition coefficient (Wildman–Crippen LogP) is 3.25. The van der Waals surface area contributed by atoms with Gasteiger partial charge in [-0.3, -0.25) is 9.59 Å². The van der Waals surface area contributed by atoms with Crippen molar-refractivity contribution in [2.75, 3.05) is 25.7 Å². The maximum absolute atomic E-state index is 13.0. The molecule has 6 heteroatoms. The van der Waals surface area contributed by atoms with Crippen molar-refractivity contribution in [3.8, 4) is 11.5 Å². The number of hydrogen-bond donors (Lipinski definition) is 1. The summed E-state index contributed by atoms with van der Waals surface area (Å²) in [6.45, 7) is 0.349. The SMILES string of the molecule is COc1ccc(N2CC(C(=O)NC3CCCc4ccccc43)CC2=O)c(OC)c1. The van der Waals surface area contributed by atoms with Crippen LogP contribution in [0.15, 0.2) is 42.5 Å². The summed E-state index contributed by atoms with van der Waals surface area (Å²) in [5, 5.41) is 3.19. The van der Waals surface area contributed by atoms with E-state index in [-0.39, 0.29) is 30.2 Å². The number of carbonyl (C=O) groups is 2. The van der Waals surface area contributed by atoms with Crippen LogP contribution in [0.2, 0.25) is 0 Å². The van der Waals surface area contributed by atoms with Crippen LogP contribution in [0.25, 0.3) is 0 Å². The Morgan fingerprint density at radius 1 is 1.14 bits per heavy atom. The second kappa shape index (κ2) is 8.15. The van der Waals surface area contributed by atoms with Gasteiger partial charge in [0.15, 0.2) is 0 Å². The molecule has 2 atom stereocenters. The monoisotopic (exact) mass is 394 g/mol. The van der Waals surface area contributed by atoms with Crippen LogP contribution in [-0.4, -0.2) is 32.6 Å². The zero-order chi connectivity index (χ0) is 20.4. The summed E-state index contributed by atoms with van der Waals surface area (Å²) in [5.41, 5.74) is 3.16. The topological polar surface area (TPSA) is 67.9 Å². The van der Waals surface area contributed by atoms with E-state index in [9.17, 15) is 9.59 Å².